The van der Waals surface area contributed by atoms with Crippen LogP contribution in [0.1, 0.15) is 28.5 Å². The number of hydrogen-bond donors (Lipinski definition) is 1. The first kappa shape index (κ1) is 16.8. The zero-order valence-corrected chi connectivity index (χ0v) is 14.6. The summed E-state index contributed by atoms with van der Waals surface area (Å²) in [4.78, 5) is 12.0. The second-order valence-corrected chi connectivity index (χ2v) is 5.90. The van der Waals surface area contributed by atoms with E-state index >= 15 is 0 Å². The van der Waals surface area contributed by atoms with Crippen molar-refractivity contribution in [1.29, 1.82) is 0 Å². The fourth-order valence-electron chi connectivity index (χ4n) is 2.69. The minimum Gasteiger partial charge on any atom is -0.462 e. The Bertz CT molecular complexity index is 904. The van der Waals surface area contributed by atoms with Crippen molar-refractivity contribution in [3.63, 3.8) is 0 Å². The summed E-state index contributed by atoms with van der Waals surface area (Å²) in [5, 5.41) is 7.49. The Balaban J connectivity index is 1.68. The molecule has 0 fully saturated rings. The first-order valence-corrected chi connectivity index (χ1v) is 8.17. The van der Waals surface area contributed by atoms with Gasteiger partial charge in [-0.05, 0) is 51.1 Å². The predicted molar refractivity (Wildman–Crippen MR) is 97.4 cm³/mol. The summed E-state index contributed by atoms with van der Waals surface area (Å²) in [6, 6.07) is 13.7. The molecule has 0 aliphatic carbocycles. The minimum atomic E-state index is -0.166. The number of carbonyl (C=O) groups excluding carboxylic acids is 1. The molecule has 1 aromatic carbocycles. The van der Waals surface area contributed by atoms with Gasteiger partial charge < -0.3 is 9.73 Å². The van der Waals surface area contributed by atoms with E-state index in [9.17, 15) is 4.79 Å². The minimum absolute atomic E-state index is 0.166. The van der Waals surface area contributed by atoms with Gasteiger partial charge in [-0.1, -0.05) is 18.2 Å². The summed E-state index contributed by atoms with van der Waals surface area (Å²) >= 11 is 0. The number of nitrogens with zero attached hydrogens (tertiary/aromatic N) is 2. The van der Waals surface area contributed by atoms with Crippen molar-refractivity contribution >= 4 is 12.0 Å². The van der Waals surface area contributed by atoms with Crippen molar-refractivity contribution in [1.82, 2.24) is 15.1 Å². The van der Waals surface area contributed by atoms with Crippen LogP contribution in [-0.2, 0) is 11.3 Å². The molecule has 0 bridgehead atoms. The molecule has 0 atom stereocenters. The van der Waals surface area contributed by atoms with Crippen molar-refractivity contribution in [3.8, 4) is 5.69 Å². The van der Waals surface area contributed by atoms with E-state index in [1.807, 2.05) is 67.9 Å². The second kappa shape index (κ2) is 7.21. The Morgan fingerprint density at radius 2 is 1.92 bits per heavy atom. The average molecular weight is 335 g/mol. The van der Waals surface area contributed by atoms with Gasteiger partial charge in [0.05, 0.1) is 11.4 Å². The fraction of sp³-hybridized carbons (Fsp3) is 0.200. The highest BCUT2D eigenvalue weighted by Crippen LogP contribution is 2.17. The number of nitrogens with one attached hydrogen (secondary N) is 1. The number of carbonyl (C=O) groups is 1. The Morgan fingerprint density at radius 3 is 2.60 bits per heavy atom. The molecule has 2 heterocycles. The summed E-state index contributed by atoms with van der Waals surface area (Å²) in [7, 11) is 0. The molecule has 0 radical (unpaired) electrons. The van der Waals surface area contributed by atoms with Crippen LogP contribution in [0.2, 0.25) is 0 Å². The standard InChI is InChI=1S/C20H21N3O2/c1-14-9-10-18(25-14)11-12-20(24)21-13-19-15(2)22-23(16(19)3)17-7-5-4-6-8-17/h4-12H,13H2,1-3H3,(H,21,24). The van der Waals surface area contributed by atoms with Gasteiger partial charge in [0.15, 0.2) is 0 Å². The van der Waals surface area contributed by atoms with Gasteiger partial charge in [-0.25, -0.2) is 4.68 Å². The monoisotopic (exact) mass is 335 g/mol. The largest absolute Gasteiger partial charge is 0.462 e. The number of aryl methyl sites for hydroxylation is 2. The van der Waals surface area contributed by atoms with Crippen LogP contribution in [0.5, 0.6) is 0 Å². The Labute approximate surface area is 147 Å². The first-order valence-electron chi connectivity index (χ1n) is 8.17. The zero-order valence-electron chi connectivity index (χ0n) is 14.6. The van der Waals surface area contributed by atoms with Crippen molar-refractivity contribution in [2.24, 2.45) is 0 Å². The van der Waals surface area contributed by atoms with Crippen LogP contribution < -0.4 is 5.32 Å². The van der Waals surface area contributed by atoms with E-state index in [0.29, 0.717) is 12.3 Å². The van der Waals surface area contributed by atoms with Gasteiger partial charge in [0.2, 0.25) is 5.91 Å². The lowest BCUT2D eigenvalue weighted by Gasteiger charge is -2.06. The smallest absolute Gasteiger partial charge is 0.244 e. The lowest BCUT2D eigenvalue weighted by atomic mass is 10.2. The predicted octanol–water partition coefficient (Wildman–Crippen LogP) is 3.72. The molecule has 2 aromatic heterocycles. The third kappa shape index (κ3) is 3.88. The molecule has 0 unspecified atom stereocenters. The highest BCUT2D eigenvalue weighted by molar-refractivity contribution is 5.91. The molecule has 0 saturated carbocycles. The van der Waals surface area contributed by atoms with Gasteiger partial charge in [-0.15, -0.1) is 0 Å². The van der Waals surface area contributed by atoms with E-state index in [0.717, 1.165) is 28.4 Å². The zero-order chi connectivity index (χ0) is 17.8. The SMILES string of the molecule is Cc1ccc(C=CC(=O)NCc2c(C)nn(-c3ccccc3)c2C)o1. The Kier molecular flexibility index (Phi) is 4.84. The summed E-state index contributed by atoms with van der Waals surface area (Å²) in [5.74, 6) is 1.32. The van der Waals surface area contributed by atoms with Crippen LogP contribution in [0.15, 0.2) is 53.0 Å². The van der Waals surface area contributed by atoms with E-state index in [1.165, 1.54) is 6.08 Å². The van der Waals surface area contributed by atoms with E-state index in [1.54, 1.807) is 6.08 Å². The van der Waals surface area contributed by atoms with Crippen molar-refractivity contribution in [2.75, 3.05) is 0 Å². The molecule has 3 rings (SSSR count). The Hall–Kier alpha value is -3.08. The maximum atomic E-state index is 12.0. The summed E-state index contributed by atoms with van der Waals surface area (Å²) in [6.07, 6.45) is 3.14. The number of para-hydroxylation sites is 1. The van der Waals surface area contributed by atoms with Crippen LogP contribution in [0.3, 0.4) is 0 Å². The molecule has 0 aliphatic heterocycles. The molecule has 0 saturated heterocycles. The van der Waals surface area contributed by atoms with Gasteiger partial charge in [0.25, 0.3) is 0 Å². The van der Waals surface area contributed by atoms with Crippen LogP contribution in [0, 0.1) is 20.8 Å². The molecule has 25 heavy (non-hydrogen) atoms. The van der Waals surface area contributed by atoms with Gasteiger partial charge >= 0.3 is 0 Å². The third-order valence-corrected chi connectivity index (χ3v) is 4.04. The van der Waals surface area contributed by atoms with E-state index in [-0.39, 0.29) is 5.91 Å². The lowest BCUT2D eigenvalue weighted by molar-refractivity contribution is -0.116. The van der Waals surface area contributed by atoms with Crippen molar-refractivity contribution in [2.45, 2.75) is 27.3 Å². The average Bonchev–Trinajstić information content (AvgIpc) is 3.15. The van der Waals surface area contributed by atoms with Crippen LogP contribution in [0.25, 0.3) is 11.8 Å². The maximum absolute atomic E-state index is 12.0. The molecule has 5 heteroatoms. The lowest BCUT2D eigenvalue weighted by Crippen LogP contribution is -2.21. The van der Waals surface area contributed by atoms with E-state index < -0.39 is 0 Å². The molecule has 128 valence electrons. The number of amides is 1. The van der Waals surface area contributed by atoms with Crippen molar-refractivity contribution < 1.29 is 9.21 Å². The summed E-state index contributed by atoms with van der Waals surface area (Å²) in [6.45, 7) is 6.27. The van der Waals surface area contributed by atoms with Gasteiger partial charge in [-0.3, -0.25) is 4.79 Å². The Morgan fingerprint density at radius 1 is 1.16 bits per heavy atom. The highest BCUT2D eigenvalue weighted by Gasteiger charge is 2.13. The fourth-order valence-corrected chi connectivity index (χ4v) is 2.69. The molecule has 1 amide bonds. The molecular formula is C20H21N3O2. The molecular weight excluding hydrogens is 314 g/mol. The first-order chi connectivity index (χ1) is 12.0. The third-order valence-electron chi connectivity index (χ3n) is 4.04. The summed E-state index contributed by atoms with van der Waals surface area (Å²) in [5.41, 5.74) is 3.97. The quantitative estimate of drug-likeness (QED) is 0.723. The van der Waals surface area contributed by atoms with E-state index in [2.05, 4.69) is 10.4 Å². The molecule has 0 spiro atoms. The second-order valence-electron chi connectivity index (χ2n) is 5.90. The van der Waals surface area contributed by atoms with Crippen LogP contribution >= 0.6 is 0 Å². The van der Waals surface area contributed by atoms with Gasteiger partial charge in [-0.2, -0.15) is 5.10 Å². The van der Waals surface area contributed by atoms with Gasteiger partial charge in [0.1, 0.15) is 11.5 Å². The number of rotatable bonds is 5. The van der Waals surface area contributed by atoms with Crippen molar-refractivity contribution in [3.05, 3.63) is 77.0 Å². The van der Waals surface area contributed by atoms with Crippen LogP contribution in [0.4, 0.5) is 0 Å². The molecule has 0 aliphatic rings. The van der Waals surface area contributed by atoms with Gasteiger partial charge in [0, 0.05) is 23.9 Å². The van der Waals surface area contributed by atoms with E-state index in [4.69, 9.17) is 4.42 Å². The number of furan rings is 1. The van der Waals surface area contributed by atoms with Crippen LogP contribution in [-0.4, -0.2) is 15.7 Å². The molecule has 1 N–H and O–H groups in total. The number of aromatic nitrogens is 2. The highest BCUT2D eigenvalue weighted by atomic mass is 16.3. The number of hydrogen-bond acceptors (Lipinski definition) is 3. The molecule has 5 nitrogen and oxygen atoms in total. The summed E-state index contributed by atoms with van der Waals surface area (Å²) < 4.78 is 7.31. The maximum Gasteiger partial charge on any atom is 0.244 e. The number of benzene rings is 1. The normalized spacial score (nSPS) is 11.2. The topological polar surface area (TPSA) is 60.1 Å². The molecule has 3 aromatic rings.